The molecule has 0 heterocycles. The number of nitrogens with one attached hydrogen (secondary N) is 7. The largest absolute Gasteiger partial charge is 0.481 e. The summed E-state index contributed by atoms with van der Waals surface area (Å²) in [6, 6.07) is 2.85. The van der Waals surface area contributed by atoms with E-state index in [9.17, 15) is 68.4 Å². The lowest BCUT2D eigenvalue weighted by atomic mass is 9.81. The molecule has 1 aliphatic carbocycles. The SMILES string of the molecule is O=C(O)CC[C@H](NC(=O)N[C@@H](CCCCNC(=O)C1CCC(CNC(=O)c2ccc(CNC(=O)CNCCN(CCN(CCNCC(=O)O)CC(=O)O)CC(=O)O)cc2)CC1)C(=O)O)C(=O)O. The molecule has 1 aromatic carbocycles. The summed E-state index contributed by atoms with van der Waals surface area (Å²) >= 11 is 0. The van der Waals surface area contributed by atoms with Crippen molar-refractivity contribution in [2.24, 2.45) is 11.8 Å². The standard InChI is InChI=1S/C42H65N9O16/c52-33(23-43-15-17-50(25-36(57)58)19-20-51(26-37(59)60)18-16-44-24-35(55)56)46-21-27-4-10-30(11-5-27)39(62)47-22-28-6-8-29(9-7-28)38(61)45-14-2-1-3-31(40(63)64)48-42(67)49-32(41(65)66)12-13-34(53)54/h4-5,10-11,28-29,31-32,43-44H,1-3,6-9,12-26H2,(H,45,61)(H,46,52)(H,47,62)(H,53,54)(H,55,56)(H,57,58)(H,59,60)(H,63,64)(H,65,66)(H2,48,49,67)/t28?,29?,31-,32-/m0/s1. The molecule has 0 aliphatic heterocycles. The molecule has 67 heavy (non-hydrogen) atoms. The minimum absolute atomic E-state index is 0.00938. The molecule has 0 radical (unpaired) electrons. The maximum Gasteiger partial charge on any atom is 0.326 e. The van der Waals surface area contributed by atoms with E-state index in [4.69, 9.17) is 10.2 Å². The van der Waals surface area contributed by atoms with Crippen LogP contribution in [0.15, 0.2) is 24.3 Å². The lowest BCUT2D eigenvalue weighted by molar-refractivity contribution is -0.141. The maximum atomic E-state index is 12.9. The van der Waals surface area contributed by atoms with Crippen LogP contribution >= 0.6 is 0 Å². The third-order valence-corrected chi connectivity index (χ3v) is 10.8. The van der Waals surface area contributed by atoms with Gasteiger partial charge in [0.1, 0.15) is 12.1 Å². The van der Waals surface area contributed by atoms with Crippen molar-refractivity contribution in [3.05, 3.63) is 35.4 Å². The van der Waals surface area contributed by atoms with Crippen LogP contribution in [0, 0.1) is 11.8 Å². The summed E-state index contributed by atoms with van der Waals surface area (Å²) in [7, 11) is 0. The summed E-state index contributed by atoms with van der Waals surface area (Å²) in [6.07, 6.45) is 2.58. The number of hydrogen-bond acceptors (Lipinski definition) is 14. The van der Waals surface area contributed by atoms with Crippen LogP contribution in [0.2, 0.25) is 0 Å². The van der Waals surface area contributed by atoms with Gasteiger partial charge in [0.05, 0.1) is 26.2 Å². The van der Waals surface area contributed by atoms with E-state index in [1.54, 1.807) is 34.1 Å². The second-order valence-corrected chi connectivity index (χ2v) is 16.1. The van der Waals surface area contributed by atoms with E-state index in [1.807, 2.05) is 0 Å². The van der Waals surface area contributed by atoms with Gasteiger partial charge in [-0.05, 0) is 75.0 Å². The second-order valence-electron chi connectivity index (χ2n) is 16.1. The third kappa shape index (κ3) is 25.7. The molecule has 0 bridgehead atoms. The number of carbonyl (C=O) groups excluding carboxylic acids is 4. The first kappa shape index (κ1) is 56.7. The highest BCUT2D eigenvalue weighted by Gasteiger charge is 2.28. The number of benzene rings is 1. The van der Waals surface area contributed by atoms with Crippen molar-refractivity contribution >= 4 is 59.6 Å². The molecule has 13 N–H and O–H groups in total. The fourth-order valence-corrected chi connectivity index (χ4v) is 7.05. The molecule has 1 aromatic rings. The lowest BCUT2D eigenvalue weighted by Crippen LogP contribution is -2.51. The monoisotopic (exact) mass is 951 g/mol. The number of unbranched alkanes of at least 4 members (excludes halogenated alkanes) is 1. The number of hydrogen-bond donors (Lipinski definition) is 13. The molecule has 25 heteroatoms. The number of urea groups is 1. The van der Waals surface area contributed by atoms with Crippen molar-refractivity contribution in [2.45, 2.75) is 76.4 Å². The summed E-state index contributed by atoms with van der Waals surface area (Å²) < 4.78 is 0. The van der Waals surface area contributed by atoms with Gasteiger partial charge in [0, 0.05) is 76.8 Å². The molecule has 1 saturated carbocycles. The van der Waals surface area contributed by atoms with Gasteiger partial charge in [0.25, 0.3) is 5.91 Å². The number of rotatable bonds is 35. The minimum atomic E-state index is -1.51. The number of aliphatic carboxylic acids is 6. The van der Waals surface area contributed by atoms with Gasteiger partial charge < -0.3 is 67.9 Å². The summed E-state index contributed by atoms with van der Waals surface area (Å²) in [4.78, 5) is 121. The smallest absolute Gasteiger partial charge is 0.326 e. The molecular weight excluding hydrogens is 887 g/mol. The fraction of sp³-hybridized carbons (Fsp3) is 0.619. The summed E-state index contributed by atoms with van der Waals surface area (Å²) in [5.74, 6) is -7.96. The van der Waals surface area contributed by atoms with Crippen molar-refractivity contribution in [3.8, 4) is 0 Å². The van der Waals surface area contributed by atoms with Crippen molar-refractivity contribution in [2.75, 3.05) is 78.5 Å². The Morgan fingerprint density at radius 1 is 0.582 bits per heavy atom. The van der Waals surface area contributed by atoms with Gasteiger partial charge >= 0.3 is 41.8 Å². The predicted molar refractivity (Wildman–Crippen MR) is 236 cm³/mol. The first-order valence-corrected chi connectivity index (χ1v) is 22.0. The van der Waals surface area contributed by atoms with E-state index < -0.39 is 60.4 Å². The van der Waals surface area contributed by atoms with Crippen LogP contribution in [0.1, 0.15) is 73.7 Å². The molecule has 2 atom stereocenters. The van der Waals surface area contributed by atoms with E-state index in [0.717, 1.165) is 18.4 Å². The zero-order valence-corrected chi connectivity index (χ0v) is 37.3. The molecule has 25 nitrogen and oxygen atoms in total. The van der Waals surface area contributed by atoms with Crippen LogP contribution in [0.5, 0.6) is 0 Å². The second kappa shape index (κ2) is 31.5. The highest BCUT2D eigenvalue weighted by Crippen LogP contribution is 2.28. The van der Waals surface area contributed by atoms with Crippen molar-refractivity contribution in [1.82, 2.24) is 47.0 Å². The Morgan fingerprint density at radius 2 is 1.13 bits per heavy atom. The molecule has 1 fully saturated rings. The normalized spacial score (nSPS) is 15.4. The van der Waals surface area contributed by atoms with Gasteiger partial charge in [-0.15, -0.1) is 0 Å². The van der Waals surface area contributed by atoms with E-state index in [-0.39, 0.29) is 121 Å². The Kier molecular flexibility index (Phi) is 26.6. The van der Waals surface area contributed by atoms with Crippen LogP contribution < -0.4 is 37.2 Å². The number of nitrogens with zero attached hydrogens (tertiary/aromatic N) is 2. The first-order valence-electron chi connectivity index (χ1n) is 22.0. The molecule has 5 amide bonds. The molecule has 0 unspecified atom stereocenters. The molecular formula is C42H65N9O16. The van der Waals surface area contributed by atoms with E-state index in [0.29, 0.717) is 37.8 Å². The Balaban J connectivity index is 1.64. The van der Waals surface area contributed by atoms with Gasteiger partial charge in [0.2, 0.25) is 11.8 Å². The zero-order valence-electron chi connectivity index (χ0n) is 37.3. The molecule has 2 rings (SSSR count). The number of amides is 5. The summed E-state index contributed by atoms with van der Waals surface area (Å²) in [5, 5.41) is 73.2. The van der Waals surface area contributed by atoms with Crippen LogP contribution in [-0.2, 0) is 44.9 Å². The summed E-state index contributed by atoms with van der Waals surface area (Å²) in [5.41, 5.74) is 1.19. The quantitative estimate of drug-likeness (QED) is 0.0335. The molecule has 0 spiro atoms. The predicted octanol–water partition coefficient (Wildman–Crippen LogP) is -1.77. The Hall–Kier alpha value is -6.44. The lowest BCUT2D eigenvalue weighted by Gasteiger charge is -2.28. The third-order valence-electron chi connectivity index (χ3n) is 10.8. The Labute approximate surface area is 386 Å². The van der Waals surface area contributed by atoms with Crippen LogP contribution in [0.4, 0.5) is 4.79 Å². The van der Waals surface area contributed by atoms with Gasteiger partial charge in [-0.25, -0.2) is 14.4 Å². The van der Waals surface area contributed by atoms with Crippen molar-refractivity contribution in [3.63, 3.8) is 0 Å². The van der Waals surface area contributed by atoms with Gasteiger partial charge in [-0.1, -0.05) is 12.1 Å². The van der Waals surface area contributed by atoms with E-state index >= 15 is 0 Å². The average molecular weight is 952 g/mol. The van der Waals surface area contributed by atoms with Crippen LogP contribution in [0.25, 0.3) is 0 Å². The highest BCUT2D eigenvalue weighted by molar-refractivity contribution is 5.94. The van der Waals surface area contributed by atoms with Crippen LogP contribution in [0.3, 0.4) is 0 Å². The molecule has 1 aliphatic rings. The molecule has 374 valence electrons. The topological polar surface area (TPSA) is 383 Å². The number of carboxylic acids is 6. The van der Waals surface area contributed by atoms with Gasteiger partial charge in [-0.3, -0.25) is 43.4 Å². The van der Waals surface area contributed by atoms with E-state index in [2.05, 4.69) is 37.2 Å². The number of carboxylic acid groups (broad SMARTS) is 6. The summed E-state index contributed by atoms with van der Waals surface area (Å²) in [6.45, 7) is 1.46. The molecule has 0 aromatic heterocycles. The maximum absolute atomic E-state index is 12.9. The minimum Gasteiger partial charge on any atom is -0.481 e. The number of carbonyl (C=O) groups is 10. The molecule has 0 saturated heterocycles. The van der Waals surface area contributed by atoms with Crippen molar-refractivity contribution in [1.29, 1.82) is 0 Å². The fourth-order valence-electron chi connectivity index (χ4n) is 7.05. The zero-order chi connectivity index (χ0) is 49.7. The van der Waals surface area contributed by atoms with Gasteiger partial charge in [-0.2, -0.15) is 0 Å². The van der Waals surface area contributed by atoms with Crippen molar-refractivity contribution < 1.29 is 78.6 Å². The van der Waals surface area contributed by atoms with Gasteiger partial charge in [0.15, 0.2) is 0 Å². The average Bonchev–Trinajstić information content (AvgIpc) is 3.27. The van der Waals surface area contributed by atoms with E-state index in [1.165, 1.54) is 0 Å². The first-order chi connectivity index (χ1) is 31.8. The Morgan fingerprint density at radius 3 is 1.66 bits per heavy atom. The highest BCUT2D eigenvalue weighted by atomic mass is 16.4. The van der Waals surface area contributed by atoms with Crippen LogP contribution in [-0.4, -0.2) is 191 Å². The Bertz CT molecular complexity index is 1810.